The van der Waals surface area contributed by atoms with Crippen LogP contribution in [-0.2, 0) is 18.9 Å². The highest BCUT2D eigenvalue weighted by Gasteiger charge is 2.49. The van der Waals surface area contributed by atoms with Crippen LogP contribution in [0.1, 0.15) is 11.9 Å². The zero-order chi connectivity index (χ0) is 21.4. The number of aliphatic hydroxyl groups excluding tert-OH is 1. The minimum atomic E-state index is -0.933. The van der Waals surface area contributed by atoms with Crippen molar-refractivity contribution in [1.82, 2.24) is 0 Å². The minimum absolute atomic E-state index is 0.273. The van der Waals surface area contributed by atoms with Crippen molar-refractivity contribution >= 4 is 16.7 Å². The predicted octanol–water partition coefficient (Wildman–Crippen LogP) is 2.42. The average molecular weight is 425 g/mol. The summed E-state index contributed by atoms with van der Waals surface area (Å²) in [4.78, 5) is 11.5. The number of hydrogen-bond donors (Lipinski definition) is 2. The Balaban J connectivity index is 1.38. The quantitative estimate of drug-likeness (QED) is 0.615. The number of ether oxygens (including phenoxy) is 4. The summed E-state index contributed by atoms with van der Waals surface area (Å²) in [5, 5.41) is 15.2. The Hall–Kier alpha value is -2.75. The van der Waals surface area contributed by atoms with Crippen LogP contribution in [0.15, 0.2) is 69.9 Å². The molecule has 0 radical (unpaired) electrons. The van der Waals surface area contributed by atoms with Crippen molar-refractivity contribution in [2.45, 2.75) is 36.9 Å². The molecule has 4 unspecified atom stereocenters. The lowest BCUT2D eigenvalue weighted by Crippen LogP contribution is -2.64. The van der Waals surface area contributed by atoms with Gasteiger partial charge in [0.05, 0.1) is 6.61 Å². The van der Waals surface area contributed by atoms with E-state index in [9.17, 15) is 9.90 Å². The Labute approximate surface area is 178 Å². The molecule has 8 heteroatoms. The van der Waals surface area contributed by atoms with Gasteiger partial charge in [-0.15, -0.1) is 0 Å². The Morgan fingerprint density at radius 1 is 1.06 bits per heavy atom. The van der Waals surface area contributed by atoms with Gasteiger partial charge in [0.15, 0.2) is 12.6 Å². The molecular weight excluding hydrogens is 402 g/mol. The number of anilines is 1. The monoisotopic (exact) mass is 425 g/mol. The summed E-state index contributed by atoms with van der Waals surface area (Å²) in [6.45, 7) is 0.273. The van der Waals surface area contributed by atoms with Crippen LogP contribution in [0.3, 0.4) is 0 Å². The highest BCUT2D eigenvalue weighted by atomic mass is 16.7. The van der Waals surface area contributed by atoms with Crippen LogP contribution >= 0.6 is 0 Å². The molecule has 0 amide bonds. The molecule has 2 fully saturated rings. The van der Waals surface area contributed by atoms with Crippen LogP contribution in [0.4, 0.5) is 5.69 Å². The van der Waals surface area contributed by atoms with E-state index in [4.69, 9.17) is 23.4 Å². The maximum Gasteiger partial charge on any atom is 0.336 e. The maximum atomic E-state index is 11.5. The van der Waals surface area contributed by atoms with Gasteiger partial charge in [-0.3, -0.25) is 0 Å². The molecule has 2 aromatic carbocycles. The standard InChI is InChI=1S/C23H23NO7/c1-27-23-19(24-15-9-7-13-8-10-18(25)29-16(13)11-15)20(26)21-17(30-23)12-28-22(31-21)14-5-3-2-4-6-14/h2-11,17,19-24,26H,12H2,1H3/t17?,19?,20?,21-,22?,23+/m0/s1. The molecule has 0 saturated carbocycles. The van der Waals surface area contributed by atoms with E-state index < -0.39 is 42.6 Å². The van der Waals surface area contributed by atoms with E-state index in [1.54, 1.807) is 12.1 Å². The van der Waals surface area contributed by atoms with Crippen LogP contribution in [0.5, 0.6) is 0 Å². The van der Waals surface area contributed by atoms with E-state index in [2.05, 4.69) is 5.32 Å². The first-order valence-corrected chi connectivity index (χ1v) is 10.1. The van der Waals surface area contributed by atoms with Crippen molar-refractivity contribution in [3.05, 3.63) is 76.6 Å². The lowest BCUT2D eigenvalue weighted by atomic mass is 9.95. The normalized spacial score (nSPS) is 30.6. The number of benzene rings is 2. The van der Waals surface area contributed by atoms with Crippen LogP contribution < -0.4 is 10.9 Å². The molecule has 2 aliphatic heterocycles. The molecule has 6 atom stereocenters. The number of aliphatic hydroxyl groups is 1. The molecule has 5 rings (SSSR count). The van der Waals surface area contributed by atoms with Crippen molar-refractivity contribution in [3.63, 3.8) is 0 Å². The molecule has 2 N–H and O–H groups in total. The Kier molecular flexibility index (Phi) is 5.47. The molecule has 2 saturated heterocycles. The molecule has 3 heterocycles. The summed E-state index contributed by atoms with van der Waals surface area (Å²) >= 11 is 0. The lowest BCUT2D eigenvalue weighted by molar-refractivity contribution is -0.337. The summed E-state index contributed by atoms with van der Waals surface area (Å²) in [6.07, 6.45) is -3.32. The van der Waals surface area contributed by atoms with E-state index in [0.29, 0.717) is 11.3 Å². The van der Waals surface area contributed by atoms with Gasteiger partial charge in [-0.25, -0.2) is 4.79 Å². The average Bonchev–Trinajstić information content (AvgIpc) is 2.81. The van der Waals surface area contributed by atoms with Gasteiger partial charge in [-0.2, -0.15) is 0 Å². The van der Waals surface area contributed by atoms with Gasteiger partial charge < -0.3 is 33.8 Å². The third kappa shape index (κ3) is 3.96. The molecule has 0 aliphatic carbocycles. The summed E-state index contributed by atoms with van der Waals surface area (Å²) in [7, 11) is 1.52. The first-order valence-electron chi connectivity index (χ1n) is 10.1. The van der Waals surface area contributed by atoms with Crippen LogP contribution in [0.25, 0.3) is 11.0 Å². The molecule has 1 aromatic heterocycles. The van der Waals surface area contributed by atoms with Gasteiger partial charge in [0.1, 0.15) is 29.9 Å². The van der Waals surface area contributed by atoms with Gasteiger partial charge in [-0.1, -0.05) is 30.3 Å². The highest BCUT2D eigenvalue weighted by Crippen LogP contribution is 2.35. The number of hydrogen-bond acceptors (Lipinski definition) is 8. The Bertz CT molecular complexity index is 1100. The summed E-state index contributed by atoms with van der Waals surface area (Å²) < 4.78 is 28.7. The van der Waals surface area contributed by atoms with Crippen molar-refractivity contribution in [3.8, 4) is 0 Å². The van der Waals surface area contributed by atoms with Crippen LogP contribution in [0, 0.1) is 0 Å². The number of nitrogens with one attached hydrogen (secondary N) is 1. The van der Waals surface area contributed by atoms with E-state index >= 15 is 0 Å². The highest BCUT2D eigenvalue weighted by molar-refractivity contribution is 5.80. The summed E-state index contributed by atoms with van der Waals surface area (Å²) in [5.41, 5.74) is 1.55. The zero-order valence-electron chi connectivity index (χ0n) is 16.8. The fourth-order valence-electron chi connectivity index (χ4n) is 4.07. The van der Waals surface area contributed by atoms with Crippen molar-refractivity contribution < 1.29 is 28.5 Å². The van der Waals surface area contributed by atoms with Gasteiger partial charge in [0.25, 0.3) is 0 Å². The Morgan fingerprint density at radius 3 is 2.68 bits per heavy atom. The van der Waals surface area contributed by atoms with Crippen LogP contribution in [-0.4, -0.2) is 49.5 Å². The lowest BCUT2D eigenvalue weighted by Gasteiger charge is -2.47. The van der Waals surface area contributed by atoms with Gasteiger partial charge in [-0.05, 0) is 18.2 Å². The topological polar surface area (TPSA) is 99.4 Å². The third-order valence-electron chi connectivity index (χ3n) is 5.63. The SMILES string of the molecule is CO[C@@H]1OC2COC(c3ccccc3)O[C@@H]2C(O)C1Nc1ccc2ccc(=O)oc2c1. The number of rotatable bonds is 4. The second-order valence-corrected chi connectivity index (χ2v) is 7.62. The van der Waals surface area contributed by atoms with Crippen molar-refractivity contribution in [2.24, 2.45) is 0 Å². The molecule has 3 aromatic rings. The first-order chi connectivity index (χ1) is 15.1. The fraction of sp³-hybridized carbons (Fsp3) is 0.348. The van der Waals surface area contributed by atoms with E-state index in [-0.39, 0.29) is 6.61 Å². The minimum Gasteiger partial charge on any atom is -0.423 e. The van der Waals surface area contributed by atoms with Gasteiger partial charge in [0.2, 0.25) is 0 Å². The molecule has 8 nitrogen and oxygen atoms in total. The molecule has 2 aliphatic rings. The van der Waals surface area contributed by atoms with Crippen molar-refractivity contribution in [2.75, 3.05) is 19.0 Å². The summed E-state index contributed by atoms with van der Waals surface area (Å²) in [5.74, 6) is 0. The molecule has 0 bridgehead atoms. The maximum absolute atomic E-state index is 11.5. The fourth-order valence-corrected chi connectivity index (χ4v) is 4.07. The third-order valence-corrected chi connectivity index (χ3v) is 5.63. The second kappa shape index (κ2) is 8.41. The second-order valence-electron chi connectivity index (χ2n) is 7.62. The number of fused-ring (bicyclic) bond motifs is 2. The first kappa shape index (κ1) is 20.2. The largest absolute Gasteiger partial charge is 0.423 e. The Morgan fingerprint density at radius 2 is 1.87 bits per heavy atom. The van der Waals surface area contributed by atoms with Crippen molar-refractivity contribution in [1.29, 1.82) is 0 Å². The molecular formula is C23H23NO7. The summed E-state index contributed by atoms with van der Waals surface area (Å²) in [6, 6.07) is 17.4. The van der Waals surface area contributed by atoms with E-state index in [1.807, 2.05) is 42.5 Å². The van der Waals surface area contributed by atoms with Gasteiger partial charge in [0, 0.05) is 35.9 Å². The smallest absolute Gasteiger partial charge is 0.336 e. The molecule has 31 heavy (non-hydrogen) atoms. The molecule has 162 valence electrons. The van der Waals surface area contributed by atoms with Gasteiger partial charge >= 0.3 is 5.63 Å². The van der Waals surface area contributed by atoms with E-state index in [1.165, 1.54) is 13.2 Å². The number of methoxy groups -OCH3 is 1. The van der Waals surface area contributed by atoms with Crippen LogP contribution in [0.2, 0.25) is 0 Å². The predicted molar refractivity (Wildman–Crippen MR) is 112 cm³/mol. The molecule has 0 spiro atoms. The van der Waals surface area contributed by atoms with E-state index in [0.717, 1.165) is 10.9 Å². The zero-order valence-corrected chi connectivity index (χ0v) is 16.8.